The highest BCUT2D eigenvalue weighted by Gasteiger charge is 2.16. The number of nitrogens with one attached hydrogen (secondary N) is 1. The molecule has 1 N–H and O–H groups in total. The molecule has 32 heavy (non-hydrogen) atoms. The topological polar surface area (TPSA) is 95.3 Å². The van der Waals surface area contributed by atoms with Crippen molar-refractivity contribution in [1.29, 1.82) is 0 Å². The average molecular weight is 430 g/mol. The van der Waals surface area contributed by atoms with Gasteiger partial charge in [0.15, 0.2) is 0 Å². The molecule has 0 saturated heterocycles. The molecule has 0 aliphatic heterocycles. The Hall–Kier alpha value is -4.20. The molecule has 1 aromatic carbocycles. The van der Waals surface area contributed by atoms with Crippen molar-refractivity contribution in [3.8, 4) is 11.5 Å². The molecule has 4 aromatic rings. The second-order valence-electron chi connectivity index (χ2n) is 7.18. The Bertz CT molecular complexity index is 1350. The largest absolute Gasteiger partial charge is 0.497 e. The second kappa shape index (κ2) is 8.89. The van der Waals surface area contributed by atoms with E-state index < -0.39 is 5.91 Å². The Kier molecular flexibility index (Phi) is 5.85. The molecule has 3 aromatic heterocycles. The molecular weight excluding hydrogens is 408 g/mol. The summed E-state index contributed by atoms with van der Waals surface area (Å²) in [6.07, 6.45) is 5.09. The molecule has 0 spiro atoms. The van der Waals surface area contributed by atoms with Crippen LogP contribution < -0.4 is 20.3 Å². The van der Waals surface area contributed by atoms with Gasteiger partial charge in [0.25, 0.3) is 11.5 Å². The predicted octanol–water partition coefficient (Wildman–Crippen LogP) is 3.42. The van der Waals surface area contributed by atoms with Crippen molar-refractivity contribution >= 4 is 22.5 Å². The quantitative estimate of drug-likeness (QED) is 0.504. The highest BCUT2D eigenvalue weighted by Crippen LogP contribution is 2.29. The fourth-order valence-corrected chi connectivity index (χ4v) is 3.45. The Balaban J connectivity index is 1.71. The molecule has 162 valence electrons. The van der Waals surface area contributed by atoms with Crippen LogP contribution in [0, 0.1) is 6.92 Å². The molecular formula is C24H22N4O4. The van der Waals surface area contributed by atoms with Gasteiger partial charge in [0.2, 0.25) is 0 Å². The number of hydrogen-bond acceptors (Lipinski definition) is 6. The molecule has 8 heteroatoms. The van der Waals surface area contributed by atoms with Crippen LogP contribution in [-0.2, 0) is 6.54 Å². The number of fused-ring (bicyclic) bond motifs is 1. The van der Waals surface area contributed by atoms with E-state index in [1.165, 1.54) is 7.11 Å². The number of benzene rings is 1. The SMILES string of the molecule is COc1ccc(OC)c(NC(=O)c2cc3c(=O)n(Cc4cccnc4)ccc3nc2C)c1. The molecule has 3 heterocycles. The zero-order chi connectivity index (χ0) is 22.7. The van der Waals surface area contributed by atoms with Gasteiger partial charge in [-0.1, -0.05) is 6.07 Å². The minimum atomic E-state index is -0.398. The van der Waals surface area contributed by atoms with Crippen molar-refractivity contribution in [2.45, 2.75) is 13.5 Å². The summed E-state index contributed by atoms with van der Waals surface area (Å²) in [4.78, 5) is 34.7. The average Bonchev–Trinajstić information content (AvgIpc) is 2.81. The maximum Gasteiger partial charge on any atom is 0.260 e. The molecule has 8 nitrogen and oxygen atoms in total. The lowest BCUT2D eigenvalue weighted by molar-refractivity contribution is 0.102. The van der Waals surface area contributed by atoms with Crippen molar-refractivity contribution in [3.05, 3.63) is 88.2 Å². The van der Waals surface area contributed by atoms with E-state index in [4.69, 9.17) is 9.47 Å². The number of ether oxygens (including phenoxy) is 2. The van der Waals surface area contributed by atoms with Gasteiger partial charge in [-0.2, -0.15) is 0 Å². The Morgan fingerprint density at radius 3 is 2.69 bits per heavy atom. The maximum atomic E-state index is 13.1. The summed E-state index contributed by atoms with van der Waals surface area (Å²) < 4.78 is 12.1. The number of aryl methyl sites for hydroxylation is 1. The van der Waals surface area contributed by atoms with Crippen LogP contribution in [0.1, 0.15) is 21.6 Å². The van der Waals surface area contributed by atoms with Crippen molar-refractivity contribution < 1.29 is 14.3 Å². The minimum absolute atomic E-state index is 0.230. The van der Waals surface area contributed by atoms with Crippen LogP contribution in [0.2, 0.25) is 0 Å². The van der Waals surface area contributed by atoms with Gasteiger partial charge in [-0.25, -0.2) is 0 Å². The number of carbonyl (C=O) groups excluding carboxylic acids is 1. The number of rotatable bonds is 6. The Labute approximate surface area is 184 Å². The molecule has 0 fully saturated rings. The van der Waals surface area contributed by atoms with Crippen molar-refractivity contribution in [2.24, 2.45) is 0 Å². The van der Waals surface area contributed by atoms with E-state index in [1.54, 1.807) is 67.5 Å². The van der Waals surface area contributed by atoms with E-state index in [-0.39, 0.29) is 5.56 Å². The number of carbonyl (C=O) groups is 1. The van der Waals surface area contributed by atoms with E-state index in [0.717, 1.165) is 5.56 Å². The van der Waals surface area contributed by atoms with Crippen LogP contribution in [0.3, 0.4) is 0 Å². The number of anilines is 1. The first-order chi connectivity index (χ1) is 15.5. The summed E-state index contributed by atoms with van der Waals surface area (Å²) in [6.45, 7) is 2.11. The van der Waals surface area contributed by atoms with Crippen LogP contribution in [0.5, 0.6) is 11.5 Å². The van der Waals surface area contributed by atoms with Gasteiger partial charge in [0.1, 0.15) is 11.5 Å². The van der Waals surface area contributed by atoms with E-state index in [0.29, 0.717) is 45.9 Å². The summed E-state index contributed by atoms with van der Waals surface area (Å²) in [7, 11) is 3.06. The number of methoxy groups -OCH3 is 2. The number of amides is 1. The van der Waals surface area contributed by atoms with Crippen molar-refractivity contribution in [2.75, 3.05) is 19.5 Å². The first-order valence-electron chi connectivity index (χ1n) is 9.93. The molecule has 0 radical (unpaired) electrons. The van der Waals surface area contributed by atoms with Gasteiger partial charge < -0.3 is 19.4 Å². The standard InChI is InChI=1S/C24H22N4O4/c1-15-18(23(29)27-21-11-17(31-2)6-7-22(21)32-3)12-19-20(26-15)8-10-28(24(19)30)14-16-5-4-9-25-13-16/h4-13H,14H2,1-3H3,(H,27,29). The number of pyridine rings is 3. The summed E-state index contributed by atoms with van der Waals surface area (Å²) >= 11 is 0. The molecule has 0 aliphatic carbocycles. The van der Waals surface area contributed by atoms with Crippen LogP contribution in [0.15, 0.2) is 65.8 Å². The van der Waals surface area contributed by atoms with Crippen molar-refractivity contribution in [3.63, 3.8) is 0 Å². The van der Waals surface area contributed by atoms with Crippen LogP contribution in [-0.4, -0.2) is 34.7 Å². The monoisotopic (exact) mass is 430 g/mol. The number of nitrogens with zero attached hydrogens (tertiary/aromatic N) is 3. The first kappa shape index (κ1) is 21.0. The van der Waals surface area contributed by atoms with Crippen LogP contribution >= 0.6 is 0 Å². The van der Waals surface area contributed by atoms with Gasteiger partial charge in [0.05, 0.1) is 48.6 Å². The summed E-state index contributed by atoms with van der Waals surface area (Å²) in [5, 5.41) is 3.20. The normalized spacial score (nSPS) is 10.7. The molecule has 0 saturated carbocycles. The van der Waals surface area contributed by atoms with Crippen LogP contribution in [0.25, 0.3) is 10.9 Å². The van der Waals surface area contributed by atoms with E-state index in [2.05, 4.69) is 15.3 Å². The molecule has 4 rings (SSSR count). The molecule has 0 bridgehead atoms. The van der Waals surface area contributed by atoms with E-state index >= 15 is 0 Å². The lowest BCUT2D eigenvalue weighted by Crippen LogP contribution is -2.22. The molecule has 0 unspecified atom stereocenters. The third-order valence-corrected chi connectivity index (χ3v) is 5.12. The molecule has 0 aliphatic rings. The first-order valence-corrected chi connectivity index (χ1v) is 9.93. The van der Waals surface area contributed by atoms with Crippen molar-refractivity contribution in [1.82, 2.24) is 14.5 Å². The van der Waals surface area contributed by atoms with Gasteiger partial charge in [-0.3, -0.25) is 19.6 Å². The highest BCUT2D eigenvalue weighted by molar-refractivity contribution is 6.07. The van der Waals surface area contributed by atoms with E-state index in [9.17, 15) is 9.59 Å². The zero-order valence-corrected chi connectivity index (χ0v) is 18.0. The second-order valence-corrected chi connectivity index (χ2v) is 7.18. The van der Waals surface area contributed by atoms with E-state index in [1.807, 2.05) is 12.1 Å². The fourth-order valence-electron chi connectivity index (χ4n) is 3.45. The van der Waals surface area contributed by atoms with Gasteiger partial charge >= 0.3 is 0 Å². The molecule has 0 atom stereocenters. The van der Waals surface area contributed by atoms with Crippen LogP contribution in [0.4, 0.5) is 5.69 Å². The van der Waals surface area contributed by atoms with Gasteiger partial charge in [0, 0.05) is 24.7 Å². The Morgan fingerprint density at radius 1 is 1.12 bits per heavy atom. The summed E-state index contributed by atoms with van der Waals surface area (Å²) in [5.74, 6) is 0.669. The zero-order valence-electron chi connectivity index (χ0n) is 18.0. The highest BCUT2D eigenvalue weighted by atomic mass is 16.5. The Morgan fingerprint density at radius 2 is 1.97 bits per heavy atom. The van der Waals surface area contributed by atoms with Gasteiger partial charge in [-0.15, -0.1) is 0 Å². The minimum Gasteiger partial charge on any atom is -0.497 e. The summed E-state index contributed by atoms with van der Waals surface area (Å²) in [6, 6.07) is 12.2. The molecule has 1 amide bonds. The maximum absolute atomic E-state index is 13.1. The predicted molar refractivity (Wildman–Crippen MR) is 122 cm³/mol. The smallest absolute Gasteiger partial charge is 0.260 e. The number of aromatic nitrogens is 3. The summed E-state index contributed by atoms with van der Waals surface area (Å²) in [5.41, 5.74) is 2.48. The lowest BCUT2D eigenvalue weighted by Gasteiger charge is -2.13. The fraction of sp³-hybridized carbons (Fsp3) is 0.167. The number of hydrogen-bond donors (Lipinski definition) is 1. The lowest BCUT2D eigenvalue weighted by atomic mass is 10.1. The third-order valence-electron chi connectivity index (χ3n) is 5.12. The van der Waals surface area contributed by atoms with Gasteiger partial charge in [-0.05, 0) is 42.8 Å². The third kappa shape index (κ3) is 4.15.